The quantitative estimate of drug-likeness (QED) is 0.209. The Hall–Kier alpha value is -4.26. The summed E-state index contributed by atoms with van der Waals surface area (Å²) in [6.07, 6.45) is 0. The zero-order chi connectivity index (χ0) is 21.3. The van der Waals surface area contributed by atoms with Crippen LogP contribution in [0.3, 0.4) is 0 Å². The highest BCUT2D eigenvalue weighted by Gasteiger charge is 2.16. The monoisotopic (exact) mass is 401 g/mol. The number of fused-ring (bicyclic) bond motifs is 1. The zero-order valence-corrected chi connectivity index (χ0v) is 15.8. The number of nitro benzene ring substituents is 1. The van der Waals surface area contributed by atoms with Crippen LogP contribution in [0.5, 0.6) is 5.75 Å². The molecule has 0 N–H and O–H groups in total. The summed E-state index contributed by atoms with van der Waals surface area (Å²) in [4.78, 5) is 35.5. The number of carbonyl (C=O) groups excluding carboxylic acids is 1. The van der Waals surface area contributed by atoms with Gasteiger partial charge in [0.25, 0.3) is 5.69 Å². The molecule has 0 saturated heterocycles. The van der Waals surface area contributed by atoms with E-state index in [9.17, 15) is 19.7 Å². The summed E-state index contributed by atoms with van der Waals surface area (Å²) in [5.74, 6) is -0.0253. The Morgan fingerprint density at radius 1 is 1.00 bits per heavy atom. The third-order valence-corrected chi connectivity index (χ3v) is 4.63. The average molecular weight is 401 g/mol. The molecule has 4 aromatic rings. The molecule has 0 radical (unpaired) electrons. The van der Waals surface area contributed by atoms with E-state index in [0.29, 0.717) is 22.3 Å². The van der Waals surface area contributed by atoms with Crippen LogP contribution < -0.4 is 10.2 Å². The molecule has 0 amide bonds. The van der Waals surface area contributed by atoms with Gasteiger partial charge in [-0.3, -0.25) is 14.9 Å². The molecule has 148 valence electrons. The van der Waals surface area contributed by atoms with Crippen molar-refractivity contribution in [3.05, 3.63) is 104 Å². The van der Waals surface area contributed by atoms with Crippen molar-refractivity contribution in [2.75, 3.05) is 0 Å². The molecule has 0 bridgehead atoms. The molecule has 0 aliphatic rings. The minimum atomic E-state index is -0.677. The Balaban J connectivity index is 1.66. The maximum atomic E-state index is 13.0. The molecular weight excluding hydrogens is 386 g/mol. The highest BCUT2D eigenvalue weighted by Crippen LogP contribution is 2.26. The fourth-order valence-electron chi connectivity index (χ4n) is 3.17. The van der Waals surface area contributed by atoms with Crippen LogP contribution in [0.15, 0.2) is 82.0 Å². The topological polar surface area (TPSA) is 99.7 Å². The maximum Gasteiger partial charge on any atom is 0.343 e. The van der Waals surface area contributed by atoms with Crippen LogP contribution in [0.2, 0.25) is 0 Å². The second-order valence-corrected chi connectivity index (χ2v) is 6.58. The van der Waals surface area contributed by atoms with Crippen LogP contribution >= 0.6 is 0 Å². The van der Waals surface area contributed by atoms with Crippen LogP contribution in [0.25, 0.3) is 22.1 Å². The van der Waals surface area contributed by atoms with Crippen molar-refractivity contribution in [3.8, 4) is 16.9 Å². The minimum absolute atomic E-state index is 0.122. The minimum Gasteiger partial charge on any atom is -0.460 e. The molecule has 30 heavy (non-hydrogen) atoms. The van der Waals surface area contributed by atoms with E-state index >= 15 is 0 Å². The number of aryl methyl sites for hydroxylation is 1. The molecule has 0 spiro atoms. The number of non-ortho nitro benzene ring substituents is 1. The van der Waals surface area contributed by atoms with Gasteiger partial charge in [0, 0.05) is 18.2 Å². The smallest absolute Gasteiger partial charge is 0.343 e. The highest BCUT2D eigenvalue weighted by atomic mass is 16.6. The number of nitro groups is 1. The summed E-state index contributed by atoms with van der Waals surface area (Å²) < 4.78 is 11.2. The van der Waals surface area contributed by atoms with Gasteiger partial charge >= 0.3 is 5.97 Å². The molecule has 1 aromatic heterocycles. The number of esters is 1. The van der Waals surface area contributed by atoms with Crippen LogP contribution in [-0.4, -0.2) is 10.9 Å². The summed E-state index contributed by atoms with van der Waals surface area (Å²) in [6.45, 7) is 1.71. The third kappa shape index (κ3) is 3.56. The van der Waals surface area contributed by atoms with Gasteiger partial charge in [0.1, 0.15) is 17.1 Å². The molecular formula is C23H15NO6. The van der Waals surface area contributed by atoms with Gasteiger partial charge < -0.3 is 9.15 Å². The van der Waals surface area contributed by atoms with Gasteiger partial charge in [-0.15, -0.1) is 0 Å². The Bertz CT molecular complexity index is 1320. The molecule has 0 aliphatic heterocycles. The lowest BCUT2D eigenvalue weighted by Gasteiger charge is -2.09. The molecule has 0 fully saturated rings. The second kappa shape index (κ2) is 7.63. The first-order valence-electron chi connectivity index (χ1n) is 9.03. The van der Waals surface area contributed by atoms with Crippen LogP contribution in [0.4, 0.5) is 5.69 Å². The van der Waals surface area contributed by atoms with Gasteiger partial charge in [-0.05, 0) is 36.8 Å². The van der Waals surface area contributed by atoms with Crippen molar-refractivity contribution in [2.45, 2.75) is 6.92 Å². The molecule has 1 heterocycles. The van der Waals surface area contributed by atoms with Crippen LogP contribution in [0.1, 0.15) is 16.1 Å². The van der Waals surface area contributed by atoms with Crippen molar-refractivity contribution >= 4 is 22.6 Å². The van der Waals surface area contributed by atoms with Gasteiger partial charge in [0.05, 0.1) is 21.4 Å². The molecule has 3 aromatic carbocycles. The first-order chi connectivity index (χ1) is 14.4. The Labute approximate surface area is 170 Å². The van der Waals surface area contributed by atoms with Gasteiger partial charge in [0.2, 0.25) is 5.43 Å². The number of hydrogen-bond acceptors (Lipinski definition) is 6. The molecule has 0 aliphatic carbocycles. The molecule has 7 heteroatoms. The maximum absolute atomic E-state index is 13.0. The predicted molar refractivity (Wildman–Crippen MR) is 111 cm³/mol. The van der Waals surface area contributed by atoms with E-state index in [-0.39, 0.29) is 22.4 Å². The van der Waals surface area contributed by atoms with Gasteiger partial charge in [-0.2, -0.15) is 0 Å². The lowest BCUT2D eigenvalue weighted by molar-refractivity contribution is -0.384. The van der Waals surface area contributed by atoms with Crippen molar-refractivity contribution in [2.24, 2.45) is 0 Å². The number of nitrogens with zero attached hydrogens (tertiary/aromatic N) is 1. The number of ether oxygens (including phenoxy) is 1. The second-order valence-electron chi connectivity index (χ2n) is 6.58. The number of hydrogen-bond donors (Lipinski definition) is 0. The first kappa shape index (κ1) is 19.1. The molecule has 0 unspecified atom stereocenters. The van der Waals surface area contributed by atoms with E-state index in [1.807, 2.05) is 30.3 Å². The van der Waals surface area contributed by atoms with E-state index in [1.165, 1.54) is 36.4 Å². The van der Waals surface area contributed by atoms with Crippen molar-refractivity contribution in [3.63, 3.8) is 0 Å². The summed E-state index contributed by atoms with van der Waals surface area (Å²) in [5.41, 5.74) is 1.42. The van der Waals surface area contributed by atoms with E-state index in [4.69, 9.17) is 9.15 Å². The summed E-state index contributed by atoms with van der Waals surface area (Å²) in [6, 6.07) is 18.9. The normalized spacial score (nSPS) is 10.7. The van der Waals surface area contributed by atoms with E-state index in [0.717, 1.165) is 5.56 Å². The fourth-order valence-corrected chi connectivity index (χ4v) is 3.17. The van der Waals surface area contributed by atoms with E-state index < -0.39 is 10.9 Å². The van der Waals surface area contributed by atoms with Crippen LogP contribution in [0, 0.1) is 17.0 Å². The number of rotatable bonds is 4. The molecule has 4 rings (SSSR count). The van der Waals surface area contributed by atoms with E-state index in [2.05, 4.69) is 0 Å². The van der Waals surface area contributed by atoms with Crippen molar-refractivity contribution < 1.29 is 18.9 Å². The summed E-state index contributed by atoms with van der Waals surface area (Å²) in [7, 11) is 0. The van der Waals surface area contributed by atoms with Crippen molar-refractivity contribution in [1.82, 2.24) is 0 Å². The largest absolute Gasteiger partial charge is 0.460 e. The summed E-state index contributed by atoms with van der Waals surface area (Å²) >= 11 is 0. The van der Waals surface area contributed by atoms with E-state index in [1.54, 1.807) is 13.0 Å². The highest BCUT2D eigenvalue weighted by molar-refractivity contribution is 5.92. The Kier molecular flexibility index (Phi) is 4.85. The third-order valence-electron chi connectivity index (χ3n) is 4.63. The molecule has 0 atom stereocenters. The van der Waals surface area contributed by atoms with Gasteiger partial charge in [-0.25, -0.2) is 4.79 Å². The lowest BCUT2D eigenvalue weighted by Crippen LogP contribution is -2.10. The standard InChI is InChI=1S/C23H15NO6/c1-14-21(15-5-3-2-4-6-15)22(25)19-12-11-18(13-20(19)29-14)30-23(26)16-7-9-17(10-8-16)24(27)28/h2-13H,1H3. The zero-order valence-electron chi connectivity index (χ0n) is 15.8. The van der Waals surface area contributed by atoms with Gasteiger partial charge in [-0.1, -0.05) is 30.3 Å². The first-order valence-corrected chi connectivity index (χ1v) is 9.03. The summed E-state index contributed by atoms with van der Waals surface area (Å²) in [5, 5.41) is 11.1. The molecule has 0 saturated carbocycles. The van der Waals surface area contributed by atoms with Crippen LogP contribution in [-0.2, 0) is 0 Å². The van der Waals surface area contributed by atoms with Crippen molar-refractivity contribution in [1.29, 1.82) is 0 Å². The lowest BCUT2D eigenvalue weighted by atomic mass is 10.0. The SMILES string of the molecule is Cc1oc2cc(OC(=O)c3ccc([N+](=O)[O-])cc3)ccc2c(=O)c1-c1ccccc1. The Morgan fingerprint density at radius 2 is 1.70 bits per heavy atom. The Morgan fingerprint density at radius 3 is 2.37 bits per heavy atom. The van der Waals surface area contributed by atoms with Gasteiger partial charge in [0.15, 0.2) is 0 Å². The number of carbonyl (C=O) groups is 1. The fraction of sp³-hybridized carbons (Fsp3) is 0.0435. The molecule has 7 nitrogen and oxygen atoms in total. The predicted octanol–water partition coefficient (Wildman–Crippen LogP) is 4.90. The number of benzene rings is 3. The average Bonchev–Trinajstić information content (AvgIpc) is 2.74.